The molecule has 0 bridgehead atoms. The van der Waals surface area contributed by atoms with Gasteiger partial charge in [0.2, 0.25) is 0 Å². The number of ether oxygens (including phenoxy) is 2. The molecule has 0 aromatic carbocycles. The van der Waals surface area contributed by atoms with Crippen LogP contribution in [0.2, 0.25) is 0 Å². The van der Waals surface area contributed by atoms with E-state index in [0.29, 0.717) is 32.5 Å². The van der Waals surface area contributed by atoms with Crippen LogP contribution in [-0.2, 0) is 14.3 Å². The molecule has 1 atom stereocenters. The van der Waals surface area contributed by atoms with Crippen LogP contribution in [0.3, 0.4) is 0 Å². The number of hydrogen-bond donors (Lipinski definition) is 1. The Morgan fingerprint density at radius 1 is 1.41 bits per heavy atom. The largest absolute Gasteiger partial charge is 0.508 e. The van der Waals surface area contributed by atoms with E-state index in [2.05, 4.69) is 4.74 Å². The smallest absolute Gasteiger partial charge is 0.480 e. The summed E-state index contributed by atoms with van der Waals surface area (Å²) in [6.45, 7) is 4.93. The van der Waals surface area contributed by atoms with Gasteiger partial charge in [-0.05, 0) is 26.7 Å². The Bertz CT molecular complexity index is 273. The molecule has 98 valence electrons. The number of carboxylic acid groups (broad SMARTS) is 1. The number of nitrogens with zero attached hydrogens (tertiary/aromatic N) is 1. The third kappa shape index (κ3) is 4.22. The van der Waals surface area contributed by atoms with Gasteiger partial charge in [-0.15, -0.1) is 0 Å². The maximum absolute atomic E-state index is 11.1. The highest BCUT2D eigenvalue weighted by molar-refractivity contribution is 5.72. The molecule has 1 fully saturated rings. The Morgan fingerprint density at radius 2 is 2.00 bits per heavy atom. The fourth-order valence-corrected chi connectivity index (χ4v) is 1.83. The molecule has 0 amide bonds. The van der Waals surface area contributed by atoms with Gasteiger partial charge in [0.15, 0.2) is 0 Å². The van der Waals surface area contributed by atoms with E-state index in [1.54, 1.807) is 13.8 Å². The molecule has 1 N–H and O–H groups in total. The highest BCUT2D eigenvalue weighted by Gasteiger charge is 2.28. The van der Waals surface area contributed by atoms with Crippen molar-refractivity contribution in [2.45, 2.75) is 38.8 Å². The zero-order chi connectivity index (χ0) is 12.8. The SMILES string of the molecule is CCOC(=O)OC1CCN(C(C)C(=O)O)CC1. The molecular formula is C11H19NO5. The first-order valence-electron chi connectivity index (χ1n) is 5.84. The second-order valence-corrected chi connectivity index (χ2v) is 4.05. The molecular weight excluding hydrogens is 226 g/mol. The number of aliphatic carboxylic acids is 1. The Labute approximate surface area is 100 Å². The number of rotatable bonds is 4. The van der Waals surface area contributed by atoms with Gasteiger partial charge in [0, 0.05) is 13.1 Å². The van der Waals surface area contributed by atoms with Crippen molar-refractivity contribution in [2.75, 3.05) is 19.7 Å². The normalized spacial score (nSPS) is 19.6. The summed E-state index contributed by atoms with van der Waals surface area (Å²) in [6.07, 6.45) is 0.496. The van der Waals surface area contributed by atoms with Crippen LogP contribution in [0.4, 0.5) is 4.79 Å². The second-order valence-electron chi connectivity index (χ2n) is 4.05. The van der Waals surface area contributed by atoms with Crippen molar-refractivity contribution < 1.29 is 24.2 Å². The quantitative estimate of drug-likeness (QED) is 0.747. The number of hydrogen-bond acceptors (Lipinski definition) is 5. The number of carbonyl (C=O) groups excluding carboxylic acids is 1. The standard InChI is InChI=1S/C11H19NO5/c1-3-16-11(15)17-9-4-6-12(7-5-9)8(2)10(13)14/h8-9H,3-7H2,1-2H3,(H,13,14). The second kappa shape index (κ2) is 6.44. The van der Waals surface area contributed by atoms with E-state index in [1.165, 1.54) is 0 Å². The van der Waals surface area contributed by atoms with E-state index in [4.69, 9.17) is 9.84 Å². The average molecular weight is 245 g/mol. The lowest BCUT2D eigenvalue weighted by atomic mass is 10.1. The monoisotopic (exact) mass is 245 g/mol. The van der Waals surface area contributed by atoms with E-state index in [9.17, 15) is 9.59 Å². The van der Waals surface area contributed by atoms with Gasteiger partial charge in [0.1, 0.15) is 12.1 Å². The van der Waals surface area contributed by atoms with Crippen LogP contribution in [0, 0.1) is 0 Å². The zero-order valence-electron chi connectivity index (χ0n) is 10.2. The number of carbonyl (C=O) groups is 2. The van der Waals surface area contributed by atoms with Crippen LogP contribution >= 0.6 is 0 Å². The summed E-state index contributed by atoms with van der Waals surface area (Å²) in [4.78, 5) is 23.7. The lowest BCUT2D eigenvalue weighted by Gasteiger charge is -2.33. The molecule has 1 aliphatic heterocycles. The Hall–Kier alpha value is -1.30. The van der Waals surface area contributed by atoms with Crippen molar-refractivity contribution in [1.29, 1.82) is 0 Å². The summed E-state index contributed by atoms with van der Waals surface area (Å²) >= 11 is 0. The minimum atomic E-state index is -0.824. The van der Waals surface area contributed by atoms with Gasteiger partial charge in [0.25, 0.3) is 0 Å². The molecule has 6 nitrogen and oxygen atoms in total. The first-order valence-corrected chi connectivity index (χ1v) is 5.84. The summed E-state index contributed by atoms with van der Waals surface area (Å²) in [5, 5.41) is 8.87. The van der Waals surface area contributed by atoms with Crippen molar-refractivity contribution in [2.24, 2.45) is 0 Å². The lowest BCUT2D eigenvalue weighted by Crippen LogP contribution is -2.45. The molecule has 0 spiro atoms. The fraction of sp³-hybridized carbons (Fsp3) is 0.818. The van der Waals surface area contributed by atoms with E-state index in [-0.39, 0.29) is 6.10 Å². The van der Waals surface area contributed by atoms with E-state index < -0.39 is 18.2 Å². The molecule has 0 aromatic heterocycles. The van der Waals surface area contributed by atoms with Crippen LogP contribution in [0.15, 0.2) is 0 Å². The van der Waals surface area contributed by atoms with Crippen molar-refractivity contribution in [3.63, 3.8) is 0 Å². The van der Waals surface area contributed by atoms with Gasteiger partial charge in [-0.2, -0.15) is 0 Å². The average Bonchev–Trinajstić information content (AvgIpc) is 2.29. The Balaban J connectivity index is 2.30. The maximum Gasteiger partial charge on any atom is 0.508 e. The summed E-state index contributed by atoms with van der Waals surface area (Å²) < 4.78 is 9.77. The first-order chi connectivity index (χ1) is 8.04. The predicted molar refractivity (Wildman–Crippen MR) is 59.8 cm³/mol. The minimum absolute atomic E-state index is 0.161. The zero-order valence-corrected chi connectivity index (χ0v) is 10.2. The predicted octanol–water partition coefficient (Wildman–Crippen LogP) is 1.10. The molecule has 6 heteroatoms. The summed E-state index contributed by atoms with van der Waals surface area (Å²) in [7, 11) is 0. The topological polar surface area (TPSA) is 76.1 Å². The molecule has 1 aliphatic rings. The molecule has 0 radical (unpaired) electrons. The van der Waals surface area contributed by atoms with Crippen LogP contribution in [0.5, 0.6) is 0 Å². The molecule has 0 saturated carbocycles. The van der Waals surface area contributed by atoms with Gasteiger partial charge in [-0.1, -0.05) is 0 Å². The van der Waals surface area contributed by atoms with E-state index in [0.717, 1.165) is 0 Å². The minimum Gasteiger partial charge on any atom is -0.480 e. The number of carboxylic acids is 1. The third-order valence-electron chi connectivity index (χ3n) is 2.91. The summed E-state index contributed by atoms with van der Waals surface area (Å²) in [5.74, 6) is -0.824. The molecule has 1 saturated heterocycles. The van der Waals surface area contributed by atoms with Gasteiger partial charge in [-0.3, -0.25) is 9.69 Å². The number of likely N-dealkylation sites (tertiary alicyclic amines) is 1. The van der Waals surface area contributed by atoms with Crippen molar-refractivity contribution >= 4 is 12.1 Å². The van der Waals surface area contributed by atoms with Crippen LogP contribution < -0.4 is 0 Å². The molecule has 1 heterocycles. The summed E-state index contributed by atoms with van der Waals surface area (Å²) in [5.41, 5.74) is 0. The van der Waals surface area contributed by atoms with Crippen molar-refractivity contribution in [3.05, 3.63) is 0 Å². The Morgan fingerprint density at radius 3 is 2.47 bits per heavy atom. The molecule has 17 heavy (non-hydrogen) atoms. The maximum atomic E-state index is 11.1. The molecule has 1 unspecified atom stereocenters. The first kappa shape index (κ1) is 13.8. The Kier molecular flexibility index (Phi) is 5.21. The van der Waals surface area contributed by atoms with Crippen LogP contribution in [0.1, 0.15) is 26.7 Å². The third-order valence-corrected chi connectivity index (χ3v) is 2.91. The summed E-state index contributed by atoms with van der Waals surface area (Å²) in [6, 6.07) is -0.487. The van der Waals surface area contributed by atoms with Crippen LogP contribution in [0.25, 0.3) is 0 Å². The highest BCUT2D eigenvalue weighted by atomic mass is 16.7. The van der Waals surface area contributed by atoms with E-state index in [1.807, 2.05) is 4.90 Å². The fourth-order valence-electron chi connectivity index (χ4n) is 1.83. The van der Waals surface area contributed by atoms with Gasteiger partial charge in [-0.25, -0.2) is 4.79 Å². The van der Waals surface area contributed by atoms with E-state index >= 15 is 0 Å². The highest BCUT2D eigenvalue weighted by Crippen LogP contribution is 2.16. The van der Waals surface area contributed by atoms with Gasteiger partial charge < -0.3 is 14.6 Å². The van der Waals surface area contributed by atoms with Crippen LogP contribution in [-0.4, -0.2) is 54.0 Å². The van der Waals surface area contributed by atoms with Crippen molar-refractivity contribution in [3.8, 4) is 0 Å². The molecule has 0 aliphatic carbocycles. The lowest BCUT2D eigenvalue weighted by molar-refractivity contribution is -0.143. The van der Waals surface area contributed by atoms with Gasteiger partial charge >= 0.3 is 12.1 Å². The number of piperidine rings is 1. The molecule has 0 aromatic rings. The molecule has 1 rings (SSSR count). The van der Waals surface area contributed by atoms with Gasteiger partial charge in [0.05, 0.1) is 6.61 Å². The van der Waals surface area contributed by atoms with Crippen molar-refractivity contribution in [1.82, 2.24) is 4.90 Å².